The van der Waals surface area contributed by atoms with E-state index >= 15 is 0 Å². The quantitative estimate of drug-likeness (QED) is 0.303. The maximum atomic E-state index is 2.37. The van der Waals surface area contributed by atoms with Crippen LogP contribution in [0.25, 0.3) is 0 Å². The van der Waals surface area contributed by atoms with Crippen molar-refractivity contribution in [2.75, 3.05) is 0 Å². The van der Waals surface area contributed by atoms with Crippen molar-refractivity contribution in [3.8, 4) is 0 Å². The molecule has 0 bridgehead atoms. The van der Waals surface area contributed by atoms with Crippen LogP contribution in [0, 0.1) is 24.7 Å². The smallest absolute Gasteiger partial charge is 1.00 e. The molecule has 0 aromatic carbocycles. The summed E-state index contributed by atoms with van der Waals surface area (Å²) in [7, 11) is 0.750. The van der Waals surface area contributed by atoms with Crippen molar-refractivity contribution in [3.05, 3.63) is 60.4 Å². The van der Waals surface area contributed by atoms with E-state index in [2.05, 4.69) is 62.4 Å². The van der Waals surface area contributed by atoms with Gasteiger partial charge in [0.25, 0.3) is 0 Å². The Kier molecular flexibility index (Phi) is 16.1. The van der Waals surface area contributed by atoms with Crippen LogP contribution in [0.15, 0.2) is 47.6 Å². The molecule has 0 N–H and O–H groups in total. The first-order valence-corrected chi connectivity index (χ1v) is 10.8. The van der Waals surface area contributed by atoms with Gasteiger partial charge in [-0.1, -0.05) is 25.9 Å². The normalized spacial score (nSPS) is 24.1. The van der Waals surface area contributed by atoms with Gasteiger partial charge in [-0.3, -0.25) is 0 Å². The van der Waals surface area contributed by atoms with E-state index < -0.39 is 0 Å². The zero-order valence-electron chi connectivity index (χ0n) is 14.8. The van der Waals surface area contributed by atoms with Gasteiger partial charge < -0.3 is 9.41 Å². The van der Waals surface area contributed by atoms with Crippen LogP contribution < -0.4 is 9.41 Å². The van der Waals surface area contributed by atoms with Crippen LogP contribution in [0.3, 0.4) is 0 Å². The molecule has 0 aliphatic heterocycles. The zero-order valence-corrected chi connectivity index (χ0v) is 19.6. The van der Waals surface area contributed by atoms with Gasteiger partial charge in [0.2, 0.25) is 0 Å². The second-order valence-corrected chi connectivity index (χ2v) is 7.35. The maximum absolute atomic E-state index is 2.37. The Bertz CT molecular complexity index is 401. The SMILES string of the molecule is C1=CCC2CC[CH-]C2=C1.C1=CCC2CC[CH-]C2=C1.C[SiH]C.[F-].[F-].[Hf+4]. The van der Waals surface area contributed by atoms with Gasteiger partial charge in [0.1, 0.15) is 0 Å². The van der Waals surface area contributed by atoms with Crippen LogP contribution >= 0.6 is 0 Å². The standard InChI is InChI=1S/2C9H11.C2H7Si.2FH.Hf/c2*1-2-5-9-7-3-6-8(9)4-1;1-3-2;;;/h2*1-2,4,6,9H,3,5,7H2;3H,1-2H3;2*1H;/q2*-1;;;;+4/p-2. The molecule has 4 rings (SSSR count). The van der Waals surface area contributed by atoms with Crippen molar-refractivity contribution >= 4 is 9.52 Å². The van der Waals surface area contributed by atoms with Gasteiger partial charge in [0, 0.05) is 9.52 Å². The first-order valence-electron chi connectivity index (χ1n) is 8.49. The second-order valence-electron chi connectivity index (χ2n) is 6.20. The van der Waals surface area contributed by atoms with E-state index in [1.54, 1.807) is 11.1 Å². The minimum Gasteiger partial charge on any atom is -1.00 e. The fourth-order valence-electron chi connectivity index (χ4n) is 3.33. The first-order chi connectivity index (χ1) is 10.3. The Morgan fingerprint density at radius 3 is 1.54 bits per heavy atom. The molecular formula is C20H29F2HfSi. The third kappa shape index (κ3) is 8.15. The zero-order chi connectivity index (χ0) is 14.9. The van der Waals surface area contributed by atoms with E-state index in [0.717, 1.165) is 21.4 Å². The number of fused-ring (bicyclic) bond motifs is 2. The molecule has 131 valence electrons. The molecule has 0 nitrogen and oxygen atoms in total. The van der Waals surface area contributed by atoms with Crippen LogP contribution in [0.5, 0.6) is 0 Å². The molecule has 4 aliphatic rings. The molecule has 2 atom stereocenters. The molecule has 0 spiro atoms. The number of allylic oxidation sites excluding steroid dienone is 8. The van der Waals surface area contributed by atoms with Crippen molar-refractivity contribution in [1.82, 2.24) is 0 Å². The van der Waals surface area contributed by atoms with Gasteiger partial charge in [-0.05, 0) is 24.7 Å². The van der Waals surface area contributed by atoms with Crippen molar-refractivity contribution in [3.63, 3.8) is 0 Å². The average Bonchev–Trinajstić information content (AvgIpc) is 3.17. The van der Waals surface area contributed by atoms with Crippen LogP contribution in [0.1, 0.15) is 38.5 Å². The molecule has 0 heterocycles. The molecule has 0 amide bonds. The Hall–Kier alpha value is -0.353. The molecule has 0 aromatic rings. The van der Waals surface area contributed by atoms with Crippen molar-refractivity contribution in [1.29, 1.82) is 0 Å². The molecule has 2 saturated carbocycles. The summed E-state index contributed by atoms with van der Waals surface area (Å²) in [5, 5.41) is 0. The minimum atomic E-state index is 0. The largest absolute Gasteiger partial charge is 4.00 e. The monoisotopic (exact) mass is 515 g/mol. The van der Waals surface area contributed by atoms with Gasteiger partial charge in [-0.25, -0.2) is 36.1 Å². The topological polar surface area (TPSA) is 0 Å². The first kappa shape index (κ1) is 25.9. The Balaban J connectivity index is 0. The predicted octanol–water partition coefficient (Wildman–Crippen LogP) is -0.501. The van der Waals surface area contributed by atoms with E-state index in [0.29, 0.717) is 0 Å². The van der Waals surface area contributed by atoms with Crippen LogP contribution in [0.2, 0.25) is 13.1 Å². The molecule has 4 heteroatoms. The molecular weight excluding hydrogens is 485 g/mol. The Morgan fingerprint density at radius 2 is 1.21 bits per heavy atom. The van der Waals surface area contributed by atoms with Gasteiger partial charge in [-0.15, -0.1) is 37.1 Å². The molecule has 24 heavy (non-hydrogen) atoms. The van der Waals surface area contributed by atoms with Crippen molar-refractivity contribution in [2.45, 2.75) is 51.6 Å². The second kappa shape index (κ2) is 14.9. The van der Waals surface area contributed by atoms with Crippen LogP contribution in [0.4, 0.5) is 0 Å². The third-order valence-corrected chi connectivity index (χ3v) is 4.42. The summed E-state index contributed by atoms with van der Waals surface area (Å²) >= 11 is 0. The molecule has 4 aliphatic carbocycles. The van der Waals surface area contributed by atoms with Crippen LogP contribution in [-0.2, 0) is 25.8 Å². The summed E-state index contributed by atoms with van der Waals surface area (Å²) in [6.07, 6.45) is 26.1. The van der Waals surface area contributed by atoms with Gasteiger partial charge in [-0.2, -0.15) is 0 Å². The minimum absolute atomic E-state index is 0. The summed E-state index contributed by atoms with van der Waals surface area (Å²) in [4.78, 5) is 0. The Labute approximate surface area is 168 Å². The number of rotatable bonds is 0. The number of halogens is 2. The molecule has 2 fully saturated rings. The summed E-state index contributed by atoms with van der Waals surface area (Å²) < 4.78 is 0. The molecule has 0 saturated heterocycles. The van der Waals surface area contributed by atoms with Gasteiger partial charge >= 0.3 is 25.8 Å². The van der Waals surface area contributed by atoms with Crippen molar-refractivity contribution in [2.24, 2.45) is 11.8 Å². The summed E-state index contributed by atoms with van der Waals surface area (Å²) in [6, 6.07) is 0. The third-order valence-electron chi connectivity index (χ3n) is 4.42. The fraction of sp³-hybridized carbons (Fsp3) is 0.500. The van der Waals surface area contributed by atoms with E-state index in [9.17, 15) is 0 Å². The number of hydrogen-bond donors (Lipinski definition) is 0. The molecule has 0 aromatic heterocycles. The van der Waals surface area contributed by atoms with Gasteiger partial charge in [0.15, 0.2) is 0 Å². The van der Waals surface area contributed by atoms with E-state index in [1.807, 2.05) is 0 Å². The molecule has 2 unspecified atom stereocenters. The van der Waals surface area contributed by atoms with E-state index in [4.69, 9.17) is 0 Å². The number of hydrogen-bond acceptors (Lipinski definition) is 0. The summed E-state index contributed by atoms with van der Waals surface area (Å²) in [5.74, 6) is 1.77. The average molecular weight is 514 g/mol. The van der Waals surface area contributed by atoms with E-state index in [1.165, 1.54) is 38.5 Å². The van der Waals surface area contributed by atoms with Crippen molar-refractivity contribution < 1.29 is 35.3 Å². The maximum Gasteiger partial charge on any atom is 4.00 e. The van der Waals surface area contributed by atoms with Gasteiger partial charge in [0.05, 0.1) is 0 Å². The predicted molar refractivity (Wildman–Crippen MR) is 96.6 cm³/mol. The van der Waals surface area contributed by atoms with E-state index in [-0.39, 0.29) is 35.3 Å². The summed E-state index contributed by atoms with van der Waals surface area (Å²) in [5.41, 5.74) is 3.16. The Morgan fingerprint density at radius 1 is 0.833 bits per heavy atom. The van der Waals surface area contributed by atoms with Crippen LogP contribution in [-0.4, -0.2) is 9.52 Å². The summed E-state index contributed by atoms with van der Waals surface area (Å²) in [6.45, 7) is 4.42. The fourth-order valence-corrected chi connectivity index (χ4v) is 3.33. The molecule has 1 radical (unpaired) electrons.